The molecule has 4 N–H and O–H groups in total. The Kier molecular flexibility index (Phi) is 8.92. The Bertz CT molecular complexity index is 669. The molecule has 2 heterocycles. The highest BCUT2D eigenvalue weighted by Crippen LogP contribution is 2.23. The zero-order valence-corrected chi connectivity index (χ0v) is 20.1. The lowest BCUT2D eigenvalue weighted by Crippen LogP contribution is -2.25. The highest BCUT2D eigenvalue weighted by Gasteiger charge is 2.11. The Morgan fingerprint density at radius 1 is 0.731 bits per heavy atom. The second kappa shape index (κ2) is 10.7. The van der Waals surface area contributed by atoms with Gasteiger partial charge in [-0.15, -0.1) is 0 Å². The van der Waals surface area contributed by atoms with Crippen molar-refractivity contribution in [2.24, 2.45) is 0 Å². The van der Waals surface area contributed by atoms with E-state index in [1.165, 1.54) is 0 Å². The first kappa shape index (κ1) is 21.7. The van der Waals surface area contributed by atoms with Crippen LogP contribution < -0.4 is 10.6 Å². The van der Waals surface area contributed by atoms with Crippen LogP contribution in [0, 0.1) is 0 Å². The first-order valence-corrected chi connectivity index (χ1v) is 11.2. The largest absolute Gasteiger partial charge is 0.351 e. The molecule has 26 heavy (non-hydrogen) atoms. The normalized spacial score (nSPS) is 10.8. The maximum atomic E-state index is 11.9. The summed E-state index contributed by atoms with van der Waals surface area (Å²) in [6.07, 6.45) is 3.79. The molecule has 0 atom stereocenters. The van der Waals surface area contributed by atoms with E-state index in [0.717, 1.165) is 43.8 Å². The van der Waals surface area contributed by atoms with Crippen LogP contribution >= 0.6 is 63.7 Å². The van der Waals surface area contributed by atoms with Crippen LogP contribution in [0.1, 0.15) is 46.7 Å². The van der Waals surface area contributed by atoms with E-state index >= 15 is 0 Å². The molecule has 6 nitrogen and oxygen atoms in total. The Balaban J connectivity index is 1.53. The molecule has 0 saturated carbocycles. The summed E-state index contributed by atoms with van der Waals surface area (Å²) in [5.74, 6) is -0.237. The van der Waals surface area contributed by atoms with Crippen molar-refractivity contribution in [2.45, 2.75) is 25.7 Å². The van der Waals surface area contributed by atoms with E-state index < -0.39 is 0 Å². The predicted molar refractivity (Wildman–Crippen MR) is 116 cm³/mol. The van der Waals surface area contributed by atoms with Crippen molar-refractivity contribution < 1.29 is 9.59 Å². The molecule has 2 aromatic heterocycles. The van der Waals surface area contributed by atoms with Gasteiger partial charge in [0.15, 0.2) is 0 Å². The fraction of sp³-hybridized carbons (Fsp3) is 0.375. The van der Waals surface area contributed by atoms with Crippen LogP contribution in [0.15, 0.2) is 30.3 Å². The topological polar surface area (TPSA) is 89.8 Å². The van der Waals surface area contributed by atoms with Gasteiger partial charge in [-0.2, -0.15) is 0 Å². The molecule has 0 spiro atoms. The van der Waals surface area contributed by atoms with Crippen molar-refractivity contribution in [2.75, 3.05) is 13.1 Å². The summed E-state index contributed by atoms with van der Waals surface area (Å²) in [4.78, 5) is 29.8. The van der Waals surface area contributed by atoms with Gasteiger partial charge in [0, 0.05) is 13.1 Å². The van der Waals surface area contributed by atoms with Crippen molar-refractivity contribution >= 4 is 75.5 Å². The van der Waals surface area contributed by atoms with Gasteiger partial charge >= 0.3 is 0 Å². The standard InChI is InChI=1S/C16H18Br4N4O2/c17-9-7-11(23-13(9)19)15(25)21-5-3-1-2-4-6-22-16(26)12-8-10(18)14(20)24-12/h7-8,23-24H,1-6H2,(H,21,25)(H,22,26). The van der Waals surface area contributed by atoms with Crippen LogP contribution in [0.4, 0.5) is 0 Å². The summed E-state index contributed by atoms with van der Waals surface area (Å²) in [5, 5.41) is 5.77. The van der Waals surface area contributed by atoms with E-state index in [-0.39, 0.29) is 11.8 Å². The van der Waals surface area contributed by atoms with E-state index in [1.807, 2.05) is 0 Å². The van der Waals surface area contributed by atoms with Crippen molar-refractivity contribution in [1.82, 2.24) is 20.6 Å². The molecule has 0 bridgehead atoms. The molecule has 0 aromatic carbocycles. The average Bonchev–Trinajstić information content (AvgIpc) is 3.12. The van der Waals surface area contributed by atoms with Gasteiger partial charge in [-0.3, -0.25) is 9.59 Å². The molecule has 0 radical (unpaired) electrons. The molecule has 2 aromatic rings. The highest BCUT2D eigenvalue weighted by molar-refractivity contribution is 9.13. The lowest BCUT2D eigenvalue weighted by molar-refractivity contribution is 0.0939. The highest BCUT2D eigenvalue weighted by atomic mass is 79.9. The fourth-order valence-corrected chi connectivity index (χ4v) is 3.56. The molecular formula is C16H18Br4N4O2. The first-order valence-electron chi connectivity index (χ1n) is 8.03. The Hall–Kier alpha value is -0.580. The van der Waals surface area contributed by atoms with Gasteiger partial charge in [-0.1, -0.05) is 12.8 Å². The first-order chi connectivity index (χ1) is 12.4. The average molecular weight is 618 g/mol. The lowest BCUT2D eigenvalue weighted by atomic mass is 10.2. The van der Waals surface area contributed by atoms with Gasteiger partial charge in [-0.05, 0) is 88.7 Å². The SMILES string of the molecule is O=C(NCCCCCCNC(=O)c1cc(Br)c(Br)[nH]1)c1cc(Br)c(Br)[nH]1. The minimum absolute atomic E-state index is 0.119. The molecule has 0 unspecified atom stereocenters. The maximum absolute atomic E-state index is 11.9. The third-order valence-corrected chi connectivity index (χ3v) is 7.18. The van der Waals surface area contributed by atoms with Crippen LogP contribution in [0.5, 0.6) is 0 Å². The monoisotopic (exact) mass is 614 g/mol. The number of aromatic nitrogens is 2. The molecule has 0 saturated heterocycles. The Morgan fingerprint density at radius 2 is 1.12 bits per heavy atom. The van der Waals surface area contributed by atoms with Crippen LogP contribution in [0.2, 0.25) is 0 Å². The van der Waals surface area contributed by atoms with Gasteiger partial charge in [0.05, 0.1) is 18.2 Å². The molecule has 0 aliphatic heterocycles. The van der Waals surface area contributed by atoms with Crippen molar-refractivity contribution in [3.8, 4) is 0 Å². The van der Waals surface area contributed by atoms with E-state index in [4.69, 9.17) is 0 Å². The molecule has 0 aliphatic carbocycles. The number of hydrogen-bond acceptors (Lipinski definition) is 2. The molecular weight excluding hydrogens is 600 g/mol. The maximum Gasteiger partial charge on any atom is 0.267 e. The second-order valence-electron chi connectivity index (χ2n) is 5.62. The van der Waals surface area contributed by atoms with Crippen molar-refractivity contribution in [1.29, 1.82) is 0 Å². The van der Waals surface area contributed by atoms with Gasteiger partial charge in [0.2, 0.25) is 0 Å². The molecule has 0 fully saturated rings. The van der Waals surface area contributed by atoms with Crippen LogP contribution in [0.3, 0.4) is 0 Å². The second-order valence-corrected chi connectivity index (χ2v) is 8.91. The number of carbonyl (C=O) groups is 2. The summed E-state index contributed by atoms with van der Waals surface area (Å²) in [6, 6.07) is 3.48. The molecule has 10 heteroatoms. The van der Waals surface area contributed by atoms with Crippen LogP contribution in [0.25, 0.3) is 0 Å². The summed E-state index contributed by atoms with van der Waals surface area (Å²) < 4.78 is 3.15. The van der Waals surface area contributed by atoms with Gasteiger partial charge in [0.25, 0.3) is 11.8 Å². The van der Waals surface area contributed by atoms with Gasteiger partial charge < -0.3 is 20.6 Å². The Labute approximate surface area is 185 Å². The smallest absolute Gasteiger partial charge is 0.267 e. The Morgan fingerprint density at radius 3 is 1.42 bits per heavy atom. The van der Waals surface area contributed by atoms with Gasteiger partial charge in [-0.25, -0.2) is 0 Å². The fourth-order valence-electron chi connectivity index (χ4n) is 2.25. The number of H-pyrrole nitrogens is 2. The van der Waals surface area contributed by atoms with E-state index in [2.05, 4.69) is 84.3 Å². The minimum Gasteiger partial charge on any atom is -0.351 e. The number of halogens is 4. The van der Waals surface area contributed by atoms with E-state index in [9.17, 15) is 9.59 Å². The molecule has 142 valence electrons. The number of hydrogen-bond donors (Lipinski definition) is 4. The molecule has 2 rings (SSSR count). The van der Waals surface area contributed by atoms with Crippen molar-refractivity contribution in [3.05, 3.63) is 41.7 Å². The zero-order chi connectivity index (χ0) is 19.1. The van der Waals surface area contributed by atoms with Crippen LogP contribution in [-0.4, -0.2) is 34.9 Å². The number of unbranched alkanes of at least 4 members (excludes halogenated alkanes) is 3. The lowest BCUT2D eigenvalue weighted by Gasteiger charge is -2.05. The predicted octanol–water partition coefficient (Wildman–Crippen LogP) is 5.11. The summed E-state index contributed by atoms with van der Waals surface area (Å²) >= 11 is 13.3. The number of aromatic amines is 2. The number of carbonyl (C=O) groups excluding carboxylic acids is 2. The number of nitrogens with one attached hydrogen (secondary N) is 4. The quantitative estimate of drug-likeness (QED) is 0.295. The van der Waals surface area contributed by atoms with Crippen molar-refractivity contribution in [3.63, 3.8) is 0 Å². The molecule has 0 aliphatic rings. The van der Waals surface area contributed by atoms with Gasteiger partial charge in [0.1, 0.15) is 11.4 Å². The number of rotatable bonds is 9. The van der Waals surface area contributed by atoms with E-state index in [1.54, 1.807) is 12.1 Å². The third-order valence-electron chi connectivity index (χ3n) is 3.61. The number of amides is 2. The summed E-state index contributed by atoms with van der Waals surface area (Å²) in [7, 11) is 0. The zero-order valence-electron chi connectivity index (χ0n) is 13.7. The minimum atomic E-state index is -0.119. The van der Waals surface area contributed by atoms with E-state index in [0.29, 0.717) is 24.5 Å². The summed E-state index contributed by atoms with van der Waals surface area (Å²) in [6.45, 7) is 1.26. The third kappa shape index (κ3) is 6.54. The molecule has 2 amide bonds. The van der Waals surface area contributed by atoms with Crippen LogP contribution in [-0.2, 0) is 0 Å². The summed E-state index contributed by atoms with van der Waals surface area (Å²) in [5.41, 5.74) is 1.04.